The quantitative estimate of drug-likeness (QED) is 0.655. The van der Waals surface area contributed by atoms with Crippen LogP contribution in [-0.4, -0.2) is 35.3 Å². The second-order valence-electron chi connectivity index (χ2n) is 3.03. The lowest BCUT2D eigenvalue weighted by Gasteiger charge is -2.03. The number of nitrogens with zero attached hydrogens (tertiary/aromatic N) is 1. The lowest BCUT2D eigenvalue weighted by atomic mass is 10.4. The topological polar surface area (TPSA) is 69.8 Å². The summed E-state index contributed by atoms with van der Waals surface area (Å²) in [4.78, 5) is 18.0. The van der Waals surface area contributed by atoms with Gasteiger partial charge in [0.05, 0.1) is 12.0 Å². The van der Waals surface area contributed by atoms with Gasteiger partial charge >= 0.3 is 6.03 Å². The number of H-pyrrole nitrogens is 1. The third-order valence-corrected chi connectivity index (χ3v) is 2.90. The molecule has 0 spiro atoms. The summed E-state index contributed by atoms with van der Waals surface area (Å²) in [6.07, 6.45) is 1.70. The van der Waals surface area contributed by atoms with E-state index in [1.54, 1.807) is 25.1 Å². The molecule has 0 bridgehead atoms. The highest BCUT2D eigenvalue weighted by Gasteiger charge is 2.00. The van der Waals surface area contributed by atoms with Crippen molar-refractivity contribution in [1.82, 2.24) is 20.6 Å². The van der Waals surface area contributed by atoms with Crippen LogP contribution in [0.3, 0.4) is 0 Å². The molecule has 6 heteroatoms. The summed E-state index contributed by atoms with van der Waals surface area (Å²) in [6.45, 7) is 2.68. The first-order valence-electron chi connectivity index (χ1n) is 4.76. The molecule has 0 aromatic carbocycles. The van der Waals surface area contributed by atoms with E-state index < -0.39 is 0 Å². The van der Waals surface area contributed by atoms with Gasteiger partial charge in [-0.3, -0.25) is 0 Å². The number of hydrogen-bond acceptors (Lipinski definition) is 3. The minimum atomic E-state index is -0.133. The molecular weight excluding hydrogens is 212 g/mol. The molecule has 0 unspecified atom stereocenters. The van der Waals surface area contributed by atoms with Gasteiger partial charge < -0.3 is 15.6 Å². The van der Waals surface area contributed by atoms with Crippen LogP contribution in [0.5, 0.6) is 0 Å². The Balaban J connectivity index is 2.07. The summed E-state index contributed by atoms with van der Waals surface area (Å²) in [5.74, 6) is 1.77. The van der Waals surface area contributed by atoms with Crippen molar-refractivity contribution in [3.05, 3.63) is 17.7 Å². The van der Waals surface area contributed by atoms with Gasteiger partial charge in [0.1, 0.15) is 0 Å². The number of thioether (sulfide) groups is 1. The molecule has 1 heterocycles. The van der Waals surface area contributed by atoms with E-state index in [9.17, 15) is 4.79 Å². The molecule has 2 amide bonds. The number of carbonyl (C=O) groups is 1. The third kappa shape index (κ3) is 4.24. The number of carbonyl (C=O) groups excluding carboxylic acids is 1. The number of rotatable bonds is 5. The third-order valence-electron chi connectivity index (χ3n) is 1.93. The van der Waals surface area contributed by atoms with E-state index >= 15 is 0 Å². The fraction of sp³-hybridized carbons (Fsp3) is 0.556. The molecule has 0 aliphatic heterocycles. The summed E-state index contributed by atoms with van der Waals surface area (Å²) in [5.41, 5.74) is 2.20. The summed E-state index contributed by atoms with van der Waals surface area (Å²) in [7, 11) is 1.61. The van der Waals surface area contributed by atoms with Gasteiger partial charge in [0, 0.05) is 30.8 Å². The van der Waals surface area contributed by atoms with Crippen molar-refractivity contribution in [1.29, 1.82) is 0 Å². The maximum atomic E-state index is 10.8. The summed E-state index contributed by atoms with van der Waals surface area (Å²) in [5, 5.41) is 5.23. The van der Waals surface area contributed by atoms with E-state index in [-0.39, 0.29) is 6.03 Å². The first kappa shape index (κ1) is 11.9. The second kappa shape index (κ2) is 6.34. The van der Waals surface area contributed by atoms with Crippen LogP contribution in [0.15, 0.2) is 6.33 Å². The number of urea groups is 1. The number of nitrogens with one attached hydrogen (secondary N) is 3. The predicted octanol–water partition coefficient (Wildman–Crippen LogP) is 0.880. The predicted molar refractivity (Wildman–Crippen MR) is 61.9 cm³/mol. The zero-order valence-corrected chi connectivity index (χ0v) is 9.78. The van der Waals surface area contributed by atoms with Crippen molar-refractivity contribution in [2.45, 2.75) is 12.7 Å². The molecule has 0 aliphatic rings. The van der Waals surface area contributed by atoms with Gasteiger partial charge in [-0.1, -0.05) is 0 Å². The number of aromatic nitrogens is 2. The molecule has 0 fully saturated rings. The van der Waals surface area contributed by atoms with Gasteiger partial charge in [-0.05, 0) is 6.92 Å². The molecule has 0 saturated carbocycles. The normalized spacial score (nSPS) is 10.0. The van der Waals surface area contributed by atoms with Gasteiger partial charge in [-0.15, -0.1) is 0 Å². The zero-order chi connectivity index (χ0) is 11.1. The fourth-order valence-corrected chi connectivity index (χ4v) is 1.90. The number of aryl methyl sites for hydroxylation is 1. The van der Waals surface area contributed by atoms with Gasteiger partial charge in [0.2, 0.25) is 0 Å². The van der Waals surface area contributed by atoms with Crippen molar-refractivity contribution >= 4 is 17.8 Å². The first-order chi connectivity index (χ1) is 7.24. The Bertz CT molecular complexity index is 313. The van der Waals surface area contributed by atoms with Crippen molar-refractivity contribution in [3.63, 3.8) is 0 Å². The number of aromatic amines is 1. The summed E-state index contributed by atoms with van der Waals surface area (Å²) in [6, 6.07) is -0.133. The van der Waals surface area contributed by atoms with Gasteiger partial charge in [-0.25, -0.2) is 9.78 Å². The van der Waals surface area contributed by atoms with Gasteiger partial charge in [0.25, 0.3) is 0 Å². The van der Waals surface area contributed by atoms with E-state index in [1.165, 1.54) is 0 Å². The lowest BCUT2D eigenvalue weighted by Crippen LogP contribution is -2.34. The average molecular weight is 228 g/mol. The zero-order valence-electron chi connectivity index (χ0n) is 8.96. The number of amides is 2. The second-order valence-corrected chi connectivity index (χ2v) is 4.14. The monoisotopic (exact) mass is 228 g/mol. The Kier molecular flexibility index (Phi) is 5.03. The van der Waals surface area contributed by atoms with Crippen LogP contribution in [0, 0.1) is 6.92 Å². The highest BCUT2D eigenvalue weighted by atomic mass is 32.2. The molecular formula is C9H16N4OS. The highest BCUT2D eigenvalue weighted by Crippen LogP contribution is 2.11. The highest BCUT2D eigenvalue weighted by molar-refractivity contribution is 7.98. The molecule has 0 radical (unpaired) electrons. The minimum absolute atomic E-state index is 0.133. The summed E-state index contributed by atoms with van der Waals surface area (Å²) >= 11 is 1.75. The SMILES string of the molecule is CNC(=O)NCCSCc1nc[nH]c1C. The number of imidazole rings is 1. The van der Waals surface area contributed by atoms with Crippen LogP contribution in [0.1, 0.15) is 11.4 Å². The maximum absolute atomic E-state index is 10.8. The van der Waals surface area contributed by atoms with Crippen molar-refractivity contribution in [2.75, 3.05) is 19.3 Å². The Hall–Kier alpha value is -1.17. The molecule has 3 N–H and O–H groups in total. The van der Waals surface area contributed by atoms with Crippen molar-refractivity contribution < 1.29 is 4.79 Å². The molecule has 0 atom stereocenters. The first-order valence-corrected chi connectivity index (χ1v) is 5.91. The molecule has 1 rings (SSSR count). The van der Waals surface area contributed by atoms with Crippen LogP contribution in [0.4, 0.5) is 4.79 Å². The molecule has 84 valence electrons. The van der Waals surface area contributed by atoms with Crippen LogP contribution in [-0.2, 0) is 5.75 Å². The van der Waals surface area contributed by atoms with E-state index in [4.69, 9.17) is 0 Å². The smallest absolute Gasteiger partial charge is 0.314 e. The van der Waals surface area contributed by atoms with E-state index in [2.05, 4.69) is 20.6 Å². The Labute approximate surface area is 93.4 Å². The Morgan fingerprint density at radius 1 is 1.67 bits per heavy atom. The standard InChI is InChI=1S/C9H16N4OS/c1-7-8(13-6-12-7)5-15-4-3-11-9(14)10-2/h6H,3-5H2,1-2H3,(H,12,13)(H2,10,11,14). The van der Waals surface area contributed by atoms with Crippen molar-refractivity contribution in [3.8, 4) is 0 Å². The van der Waals surface area contributed by atoms with E-state index in [1.807, 2.05) is 6.92 Å². The maximum Gasteiger partial charge on any atom is 0.314 e. The lowest BCUT2D eigenvalue weighted by molar-refractivity contribution is 0.243. The van der Waals surface area contributed by atoms with Gasteiger partial charge in [0.15, 0.2) is 0 Å². The fourth-order valence-electron chi connectivity index (χ4n) is 1.03. The Morgan fingerprint density at radius 2 is 2.47 bits per heavy atom. The van der Waals surface area contributed by atoms with Crippen LogP contribution >= 0.6 is 11.8 Å². The summed E-state index contributed by atoms with van der Waals surface area (Å²) < 4.78 is 0. The number of hydrogen-bond donors (Lipinski definition) is 3. The minimum Gasteiger partial charge on any atom is -0.348 e. The van der Waals surface area contributed by atoms with Gasteiger partial charge in [-0.2, -0.15) is 11.8 Å². The van der Waals surface area contributed by atoms with Crippen molar-refractivity contribution in [2.24, 2.45) is 0 Å². The molecule has 5 nitrogen and oxygen atoms in total. The largest absolute Gasteiger partial charge is 0.348 e. The van der Waals surface area contributed by atoms with Crippen LogP contribution < -0.4 is 10.6 Å². The van der Waals surface area contributed by atoms with Crippen LogP contribution in [0.2, 0.25) is 0 Å². The molecule has 0 aliphatic carbocycles. The average Bonchev–Trinajstić information content (AvgIpc) is 2.63. The molecule has 1 aromatic rings. The molecule has 1 aromatic heterocycles. The molecule has 0 saturated heterocycles. The van der Waals surface area contributed by atoms with Crippen LogP contribution in [0.25, 0.3) is 0 Å². The van der Waals surface area contributed by atoms with E-state index in [0.717, 1.165) is 22.9 Å². The van der Waals surface area contributed by atoms with E-state index in [0.29, 0.717) is 6.54 Å². The Morgan fingerprint density at radius 3 is 3.07 bits per heavy atom. The molecule has 15 heavy (non-hydrogen) atoms.